The molecular formula is C15H17BrClNS. The Bertz CT molecular complexity index is 560. The fraction of sp³-hybridized carbons (Fsp3) is 0.333. The monoisotopic (exact) mass is 357 g/mol. The van der Waals surface area contributed by atoms with E-state index in [1.165, 1.54) is 25.4 Å². The third kappa shape index (κ3) is 3.60. The molecule has 0 fully saturated rings. The van der Waals surface area contributed by atoms with Crippen LogP contribution in [0, 0.1) is 13.8 Å². The summed E-state index contributed by atoms with van der Waals surface area (Å²) >= 11 is 11.7. The van der Waals surface area contributed by atoms with Gasteiger partial charge in [-0.05, 0) is 72.1 Å². The van der Waals surface area contributed by atoms with E-state index in [2.05, 4.69) is 53.3 Å². The molecule has 0 amide bonds. The van der Waals surface area contributed by atoms with Crippen molar-refractivity contribution in [3.05, 3.63) is 54.6 Å². The van der Waals surface area contributed by atoms with E-state index >= 15 is 0 Å². The molecule has 102 valence electrons. The van der Waals surface area contributed by atoms with Gasteiger partial charge >= 0.3 is 0 Å². The normalized spacial score (nSPS) is 12.7. The molecule has 4 heteroatoms. The van der Waals surface area contributed by atoms with Gasteiger partial charge in [0, 0.05) is 15.9 Å². The number of likely N-dealkylation sites (N-methyl/N-ethyl adjacent to an activating group) is 1. The van der Waals surface area contributed by atoms with Gasteiger partial charge in [-0.1, -0.05) is 23.7 Å². The van der Waals surface area contributed by atoms with E-state index in [1.807, 2.05) is 13.1 Å². The summed E-state index contributed by atoms with van der Waals surface area (Å²) in [5.41, 5.74) is 3.67. The van der Waals surface area contributed by atoms with Crippen molar-refractivity contribution in [2.75, 3.05) is 7.05 Å². The number of thiophene rings is 1. The van der Waals surface area contributed by atoms with Crippen molar-refractivity contribution in [1.29, 1.82) is 0 Å². The van der Waals surface area contributed by atoms with Gasteiger partial charge in [-0.15, -0.1) is 11.3 Å². The predicted molar refractivity (Wildman–Crippen MR) is 88.4 cm³/mol. The predicted octanol–water partition coefficient (Wildman–Crippen LogP) is 5.28. The smallest absolute Gasteiger partial charge is 0.0731 e. The van der Waals surface area contributed by atoms with Crippen molar-refractivity contribution in [2.45, 2.75) is 26.3 Å². The van der Waals surface area contributed by atoms with E-state index in [-0.39, 0.29) is 0 Å². The van der Waals surface area contributed by atoms with Crippen LogP contribution in [0.4, 0.5) is 0 Å². The molecule has 0 aliphatic carbocycles. The summed E-state index contributed by atoms with van der Waals surface area (Å²) in [6.45, 7) is 4.18. The largest absolute Gasteiger partial charge is 0.312 e. The first-order valence-electron chi connectivity index (χ1n) is 6.19. The summed E-state index contributed by atoms with van der Waals surface area (Å²) in [6, 6.07) is 8.80. The SMILES string of the molecule is CNC(Cc1ccc(C)cc1Cl)c1cc(C)c(Br)s1. The molecule has 2 rings (SSSR count). The highest BCUT2D eigenvalue weighted by atomic mass is 79.9. The van der Waals surface area contributed by atoms with Gasteiger partial charge < -0.3 is 5.32 Å². The van der Waals surface area contributed by atoms with Crippen LogP contribution < -0.4 is 5.32 Å². The molecule has 1 N–H and O–H groups in total. The third-order valence-corrected chi connectivity index (χ3v) is 5.80. The van der Waals surface area contributed by atoms with Gasteiger partial charge in [0.1, 0.15) is 0 Å². The fourth-order valence-electron chi connectivity index (χ4n) is 2.04. The van der Waals surface area contributed by atoms with Crippen LogP contribution in [0.25, 0.3) is 0 Å². The number of hydrogen-bond donors (Lipinski definition) is 1. The van der Waals surface area contributed by atoms with Crippen molar-refractivity contribution in [2.24, 2.45) is 0 Å². The molecule has 0 saturated carbocycles. The second kappa shape index (κ2) is 6.40. The summed E-state index contributed by atoms with van der Waals surface area (Å²) in [5.74, 6) is 0. The number of aryl methyl sites for hydroxylation is 2. The maximum Gasteiger partial charge on any atom is 0.0731 e. The van der Waals surface area contributed by atoms with Crippen molar-refractivity contribution in [3.63, 3.8) is 0 Å². The van der Waals surface area contributed by atoms with Gasteiger partial charge in [0.15, 0.2) is 0 Å². The highest BCUT2D eigenvalue weighted by Crippen LogP contribution is 2.33. The summed E-state index contributed by atoms with van der Waals surface area (Å²) in [7, 11) is 2.00. The first kappa shape index (κ1) is 15.0. The minimum atomic E-state index is 0.301. The first-order valence-corrected chi connectivity index (χ1v) is 8.18. The summed E-state index contributed by atoms with van der Waals surface area (Å²) < 4.78 is 1.21. The summed E-state index contributed by atoms with van der Waals surface area (Å²) in [6.07, 6.45) is 0.905. The van der Waals surface area contributed by atoms with Crippen LogP contribution in [0.2, 0.25) is 5.02 Å². The Hall–Kier alpha value is -0.350. The van der Waals surface area contributed by atoms with Gasteiger partial charge in [-0.3, -0.25) is 0 Å². The standard InChI is InChI=1S/C15H17BrClNS/c1-9-4-5-11(12(17)6-9)8-13(18-3)14-7-10(2)15(16)19-14/h4-7,13,18H,8H2,1-3H3. The molecule has 1 heterocycles. The zero-order chi connectivity index (χ0) is 14.0. The second-order valence-electron chi connectivity index (χ2n) is 4.75. The lowest BCUT2D eigenvalue weighted by molar-refractivity contribution is 0.602. The first-order chi connectivity index (χ1) is 9.01. The second-order valence-corrected chi connectivity index (χ2v) is 7.55. The molecule has 0 bridgehead atoms. The lowest BCUT2D eigenvalue weighted by Crippen LogP contribution is -2.17. The molecule has 0 spiro atoms. The number of halogens is 2. The zero-order valence-corrected chi connectivity index (χ0v) is 14.4. The Labute approximate surface area is 132 Å². The van der Waals surface area contributed by atoms with Crippen molar-refractivity contribution in [1.82, 2.24) is 5.32 Å². The van der Waals surface area contributed by atoms with E-state index in [0.29, 0.717) is 6.04 Å². The highest BCUT2D eigenvalue weighted by Gasteiger charge is 2.15. The molecule has 1 atom stereocenters. The van der Waals surface area contributed by atoms with Crippen LogP contribution in [0.1, 0.15) is 27.6 Å². The van der Waals surface area contributed by atoms with E-state index < -0.39 is 0 Å². The molecule has 1 aromatic heterocycles. The Kier molecular flexibility index (Phi) is 5.07. The van der Waals surface area contributed by atoms with Gasteiger partial charge in [-0.2, -0.15) is 0 Å². The Balaban J connectivity index is 2.23. The molecule has 0 aliphatic rings. The third-order valence-electron chi connectivity index (χ3n) is 3.20. The zero-order valence-electron chi connectivity index (χ0n) is 11.3. The Morgan fingerprint density at radius 1 is 1.32 bits per heavy atom. The van der Waals surface area contributed by atoms with Gasteiger partial charge in [0.05, 0.1) is 3.79 Å². The van der Waals surface area contributed by atoms with E-state index in [0.717, 1.165) is 11.4 Å². The van der Waals surface area contributed by atoms with Crippen LogP contribution in [0.15, 0.2) is 28.1 Å². The summed E-state index contributed by atoms with van der Waals surface area (Å²) in [5, 5.41) is 4.23. The van der Waals surface area contributed by atoms with Crippen LogP contribution >= 0.6 is 38.9 Å². The molecule has 1 unspecified atom stereocenters. The minimum Gasteiger partial charge on any atom is -0.312 e. The van der Waals surface area contributed by atoms with Crippen LogP contribution in [0.3, 0.4) is 0 Å². The van der Waals surface area contributed by atoms with Crippen LogP contribution in [0.5, 0.6) is 0 Å². The van der Waals surface area contributed by atoms with E-state index in [1.54, 1.807) is 11.3 Å². The van der Waals surface area contributed by atoms with Crippen LogP contribution in [-0.4, -0.2) is 7.05 Å². The summed E-state index contributed by atoms with van der Waals surface area (Å²) in [4.78, 5) is 1.34. The Morgan fingerprint density at radius 2 is 2.05 bits per heavy atom. The van der Waals surface area contributed by atoms with E-state index in [9.17, 15) is 0 Å². The van der Waals surface area contributed by atoms with Crippen molar-refractivity contribution >= 4 is 38.9 Å². The highest BCUT2D eigenvalue weighted by molar-refractivity contribution is 9.11. The average Bonchev–Trinajstić information content (AvgIpc) is 2.68. The molecule has 19 heavy (non-hydrogen) atoms. The van der Waals surface area contributed by atoms with Crippen LogP contribution in [-0.2, 0) is 6.42 Å². The number of rotatable bonds is 4. The molecule has 0 aliphatic heterocycles. The number of hydrogen-bond acceptors (Lipinski definition) is 2. The molecule has 1 aromatic carbocycles. The topological polar surface area (TPSA) is 12.0 Å². The quantitative estimate of drug-likeness (QED) is 0.783. The molecule has 0 saturated heterocycles. The van der Waals surface area contributed by atoms with Gasteiger partial charge in [0.25, 0.3) is 0 Å². The maximum absolute atomic E-state index is 6.32. The fourth-order valence-corrected chi connectivity index (χ4v) is 4.03. The van der Waals surface area contributed by atoms with Gasteiger partial charge in [-0.25, -0.2) is 0 Å². The van der Waals surface area contributed by atoms with Crippen molar-refractivity contribution < 1.29 is 0 Å². The maximum atomic E-state index is 6.32. The average molecular weight is 359 g/mol. The number of benzene rings is 1. The minimum absolute atomic E-state index is 0.301. The molecule has 1 nitrogen and oxygen atoms in total. The lowest BCUT2D eigenvalue weighted by Gasteiger charge is -2.15. The van der Waals surface area contributed by atoms with Crippen molar-refractivity contribution in [3.8, 4) is 0 Å². The van der Waals surface area contributed by atoms with E-state index in [4.69, 9.17) is 11.6 Å². The number of nitrogens with one attached hydrogen (secondary N) is 1. The Morgan fingerprint density at radius 3 is 2.58 bits per heavy atom. The molecule has 0 radical (unpaired) electrons. The van der Waals surface area contributed by atoms with Gasteiger partial charge in [0.2, 0.25) is 0 Å². The molecular weight excluding hydrogens is 342 g/mol. The molecule has 2 aromatic rings. The lowest BCUT2D eigenvalue weighted by atomic mass is 10.0.